The SMILES string of the molecule is Cc1ccc(C(=O)N2CC(C(=O)O)CCC2C)c(F)c1Cl. The lowest BCUT2D eigenvalue weighted by molar-refractivity contribution is -0.143. The number of hydrogen-bond acceptors (Lipinski definition) is 2. The standard InChI is InChI=1S/C15H17ClFNO3/c1-8-3-6-11(13(17)12(8)16)14(19)18-7-10(15(20)21)5-4-9(18)2/h3,6,9-10H,4-5,7H2,1-2H3,(H,20,21). The Morgan fingerprint density at radius 1 is 1.38 bits per heavy atom. The number of carbonyl (C=O) groups excluding carboxylic acids is 1. The highest BCUT2D eigenvalue weighted by molar-refractivity contribution is 6.31. The van der Waals surface area contributed by atoms with Crippen molar-refractivity contribution >= 4 is 23.5 Å². The highest BCUT2D eigenvalue weighted by atomic mass is 35.5. The molecule has 1 aromatic rings. The molecule has 1 aliphatic rings. The van der Waals surface area contributed by atoms with Crippen LogP contribution in [0.15, 0.2) is 12.1 Å². The van der Waals surface area contributed by atoms with Crippen molar-refractivity contribution in [3.63, 3.8) is 0 Å². The number of carboxylic acid groups (broad SMARTS) is 1. The number of carboxylic acids is 1. The molecule has 1 amide bonds. The molecule has 2 rings (SSSR count). The molecule has 21 heavy (non-hydrogen) atoms. The molecule has 1 aromatic carbocycles. The van der Waals surface area contributed by atoms with Gasteiger partial charge in [-0.25, -0.2) is 4.39 Å². The van der Waals surface area contributed by atoms with Crippen LogP contribution in [-0.4, -0.2) is 34.5 Å². The van der Waals surface area contributed by atoms with Crippen molar-refractivity contribution in [1.82, 2.24) is 4.90 Å². The molecule has 6 heteroatoms. The maximum absolute atomic E-state index is 14.2. The normalized spacial score (nSPS) is 22.2. The van der Waals surface area contributed by atoms with Crippen LogP contribution in [0.2, 0.25) is 5.02 Å². The van der Waals surface area contributed by atoms with Crippen LogP contribution in [0, 0.1) is 18.7 Å². The molecular weight excluding hydrogens is 297 g/mol. The molecule has 0 radical (unpaired) electrons. The minimum Gasteiger partial charge on any atom is -0.481 e. The van der Waals surface area contributed by atoms with Gasteiger partial charge in [0.25, 0.3) is 5.91 Å². The Balaban J connectivity index is 2.30. The second-order valence-electron chi connectivity index (χ2n) is 5.48. The Morgan fingerprint density at radius 3 is 2.67 bits per heavy atom. The van der Waals surface area contributed by atoms with Gasteiger partial charge in [0.15, 0.2) is 5.82 Å². The fourth-order valence-corrected chi connectivity index (χ4v) is 2.72. The van der Waals surface area contributed by atoms with Crippen molar-refractivity contribution in [2.75, 3.05) is 6.54 Å². The van der Waals surface area contributed by atoms with Gasteiger partial charge in [0.1, 0.15) is 0 Å². The average Bonchev–Trinajstić information content (AvgIpc) is 2.44. The van der Waals surface area contributed by atoms with E-state index in [4.69, 9.17) is 16.7 Å². The fourth-order valence-electron chi connectivity index (χ4n) is 2.56. The first-order chi connectivity index (χ1) is 9.82. The van der Waals surface area contributed by atoms with Gasteiger partial charge in [-0.3, -0.25) is 9.59 Å². The molecule has 4 nitrogen and oxygen atoms in total. The minimum atomic E-state index is -0.929. The van der Waals surface area contributed by atoms with Crippen molar-refractivity contribution in [1.29, 1.82) is 0 Å². The van der Waals surface area contributed by atoms with Gasteiger partial charge in [0, 0.05) is 12.6 Å². The number of piperidine rings is 1. The highest BCUT2D eigenvalue weighted by Gasteiger charge is 2.34. The van der Waals surface area contributed by atoms with Crippen molar-refractivity contribution in [2.45, 2.75) is 32.7 Å². The molecule has 0 bridgehead atoms. The van der Waals surface area contributed by atoms with E-state index in [1.54, 1.807) is 13.0 Å². The maximum atomic E-state index is 14.2. The molecule has 1 fully saturated rings. The van der Waals surface area contributed by atoms with E-state index in [9.17, 15) is 14.0 Å². The lowest BCUT2D eigenvalue weighted by Crippen LogP contribution is -2.47. The number of aliphatic carboxylic acids is 1. The van der Waals surface area contributed by atoms with Crippen LogP contribution >= 0.6 is 11.6 Å². The number of amides is 1. The van der Waals surface area contributed by atoms with Gasteiger partial charge < -0.3 is 10.0 Å². The van der Waals surface area contributed by atoms with Crippen molar-refractivity contribution in [2.24, 2.45) is 5.92 Å². The zero-order chi connectivity index (χ0) is 15.7. The van der Waals surface area contributed by atoms with Crippen LogP contribution in [0.4, 0.5) is 4.39 Å². The molecule has 1 heterocycles. The van der Waals surface area contributed by atoms with E-state index < -0.39 is 23.6 Å². The third-order valence-corrected chi connectivity index (χ3v) is 4.46. The van der Waals surface area contributed by atoms with E-state index in [2.05, 4.69) is 0 Å². The largest absolute Gasteiger partial charge is 0.481 e. The first-order valence-corrected chi connectivity index (χ1v) is 7.19. The summed E-state index contributed by atoms with van der Waals surface area (Å²) < 4.78 is 14.2. The number of rotatable bonds is 2. The number of benzene rings is 1. The van der Waals surface area contributed by atoms with Crippen LogP contribution in [0.3, 0.4) is 0 Å². The number of carbonyl (C=O) groups is 2. The van der Waals surface area contributed by atoms with Crippen LogP contribution in [-0.2, 0) is 4.79 Å². The summed E-state index contributed by atoms with van der Waals surface area (Å²) >= 11 is 5.84. The lowest BCUT2D eigenvalue weighted by atomic mass is 9.93. The average molecular weight is 314 g/mol. The Kier molecular flexibility index (Phi) is 4.52. The predicted molar refractivity (Wildman–Crippen MR) is 77.0 cm³/mol. The zero-order valence-corrected chi connectivity index (χ0v) is 12.7. The van der Waals surface area contributed by atoms with Gasteiger partial charge in [0.2, 0.25) is 0 Å². The van der Waals surface area contributed by atoms with E-state index >= 15 is 0 Å². The van der Waals surface area contributed by atoms with Crippen molar-refractivity contribution < 1.29 is 19.1 Å². The van der Waals surface area contributed by atoms with Gasteiger partial charge in [-0.1, -0.05) is 17.7 Å². The zero-order valence-electron chi connectivity index (χ0n) is 11.9. The summed E-state index contributed by atoms with van der Waals surface area (Å²) in [5, 5.41) is 9.03. The number of hydrogen-bond donors (Lipinski definition) is 1. The summed E-state index contributed by atoms with van der Waals surface area (Å²) in [7, 11) is 0. The summed E-state index contributed by atoms with van der Waals surface area (Å²) in [4.78, 5) is 25.0. The highest BCUT2D eigenvalue weighted by Crippen LogP contribution is 2.27. The monoisotopic (exact) mass is 313 g/mol. The van der Waals surface area contributed by atoms with Crippen LogP contribution in [0.25, 0.3) is 0 Å². The Bertz CT molecular complexity index is 591. The second kappa shape index (κ2) is 6.02. The number of aryl methyl sites for hydroxylation is 1. The molecule has 0 saturated carbocycles. The predicted octanol–water partition coefficient (Wildman–Crippen LogP) is 3.11. The number of nitrogens with zero attached hydrogens (tertiary/aromatic N) is 1. The van der Waals surface area contributed by atoms with Crippen LogP contribution in [0.1, 0.15) is 35.7 Å². The first-order valence-electron chi connectivity index (χ1n) is 6.81. The summed E-state index contributed by atoms with van der Waals surface area (Å²) in [5.74, 6) is -2.78. The number of likely N-dealkylation sites (tertiary alicyclic amines) is 1. The smallest absolute Gasteiger partial charge is 0.308 e. The molecular formula is C15H17ClFNO3. The van der Waals surface area contributed by atoms with Gasteiger partial charge in [-0.2, -0.15) is 0 Å². The van der Waals surface area contributed by atoms with E-state index in [0.717, 1.165) is 0 Å². The Hall–Kier alpha value is -1.62. The molecule has 1 N–H and O–H groups in total. The molecule has 2 unspecified atom stereocenters. The van der Waals surface area contributed by atoms with Crippen molar-refractivity contribution in [3.8, 4) is 0 Å². The number of halogens is 2. The molecule has 0 aromatic heterocycles. The third-order valence-electron chi connectivity index (χ3n) is 4.00. The summed E-state index contributed by atoms with van der Waals surface area (Å²) in [6.07, 6.45) is 1.11. The molecule has 114 valence electrons. The lowest BCUT2D eigenvalue weighted by Gasteiger charge is -2.36. The van der Waals surface area contributed by atoms with E-state index in [1.165, 1.54) is 11.0 Å². The maximum Gasteiger partial charge on any atom is 0.308 e. The molecule has 0 aliphatic carbocycles. The Labute approximate surface area is 127 Å². The van der Waals surface area contributed by atoms with Gasteiger partial charge >= 0.3 is 5.97 Å². The van der Waals surface area contributed by atoms with Crippen molar-refractivity contribution in [3.05, 3.63) is 34.1 Å². The summed E-state index contributed by atoms with van der Waals surface area (Å²) in [6, 6.07) is 2.87. The summed E-state index contributed by atoms with van der Waals surface area (Å²) in [5.41, 5.74) is 0.448. The van der Waals surface area contributed by atoms with E-state index in [1.807, 2.05) is 6.92 Å². The second-order valence-corrected chi connectivity index (χ2v) is 5.85. The minimum absolute atomic E-state index is 0.0692. The molecule has 2 atom stereocenters. The van der Waals surface area contributed by atoms with Crippen LogP contribution in [0.5, 0.6) is 0 Å². The quantitative estimate of drug-likeness (QED) is 0.912. The first kappa shape index (κ1) is 15.8. The van der Waals surface area contributed by atoms with E-state index in [-0.39, 0.29) is 23.2 Å². The fraction of sp³-hybridized carbons (Fsp3) is 0.467. The van der Waals surface area contributed by atoms with E-state index in [0.29, 0.717) is 18.4 Å². The summed E-state index contributed by atoms with van der Waals surface area (Å²) in [6.45, 7) is 3.59. The van der Waals surface area contributed by atoms with Gasteiger partial charge in [-0.05, 0) is 38.3 Å². The third kappa shape index (κ3) is 3.02. The molecule has 1 aliphatic heterocycles. The topological polar surface area (TPSA) is 57.6 Å². The Morgan fingerprint density at radius 2 is 2.05 bits per heavy atom. The molecule has 1 saturated heterocycles. The van der Waals surface area contributed by atoms with Gasteiger partial charge in [-0.15, -0.1) is 0 Å². The van der Waals surface area contributed by atoms with Gasteiger partial charge in [0.05, 0.1) is 16.5 Å². The van der Waals surface area contributed by atoms with Crippen LogP contribution < -0.4 is 0 Å². The molecule has 0 spiro atoms.